The van der Waals surface area contributed by atoms with E-state index in [0.29, 0.717) is 12.1 Å². The van der Waals surface area contributed by atoms with Crippen molar-refractivity contribution in [1.29, 1.82) is 0 Å². The van der Waals surface area contributed by atoms with Gasteiger partial charge in [0.05, 0.1) is 11.3 Å². The molecule has 0 aliphatic rings. The van der Waals surface area contributed by atoms with E-state index in [2.05, 4.69) is 5.32 Å². The zero-order valence-electron chi connectivity index (χ0n) is 9.50. The third-order valence-electron chi connectivity index (χ3n) is 2.24. The molecule has 0 fully saturated rings. The molecule has 92 valence electrons. The van der Waals surface area contributed by atoms with Crippen LogP contribution < -0.4 is 5.32 Å². The van der Waals surface area contributed by atoms with Crippen LogP contribution in [-0.4, -0.2) is 17.0 Å². The van der Waals surface area contributed by atoms with Gasteiger partial charge in [-0.25, -0.2) is 4.79 Å². The SMILES string of the molecule is CCCCC(=O)Nc1ccc(I)cc1C(=O)O. The summed E-state index contributed by atoms with van der Waals surface area (Å²) < 4.78 is 0.826. The maximum atomic E-state index is 11.5. The topological polar surface area (TPSA) is 66.4 Å². The monoisotopic (exact) mass is 347 g/mol. The Morgan fingerprint density at radius 3 is 2.71 bits per heavy atom. The second-order valence-electron chi connectivity index (χ2n) is 3.65. The van der Waals surface area contributed by atoms with Crippen molar-refractivity contribution in [3.05, 3.63) is 27.3 Å². The summed E-state index contributed by atoms with van der Waals surface area (Å²) in [7, 11) is 0. The Kier molecular flexibility index (Phi) is 5.40. The highest BCUT2D eigenvalue weighted by Gasteiger charge is 2.12. The number of rotatable bonds is 5. The number of anilines is 1. The fourth-order valence-corrected chi connectivity index (χ4v) is 1.84. The van der Waals surface area contributed by atoms with Gasteiger partial charge < -0.3 is 10.4 Å². The van der Waals surface area contributed by atoms with Crippen molar-refractivity contribution < 1.29 is 14.7 Å². The number of halogens is 1. The van der Waals surface area contributed by atoms with E-state index in [1.54, 1.807) is 18.2 Å². The second-order valence-corrected chi connectivity index (χ2v) is 4.89. The molecule has 0 spiro atoms. The number of carbonyl (C=O) groups excluding carboxylic acids is 1. The first kappa shape index (κ1) is 14.0. The first-order valence-electron chi connectivity index (χ1n) is 5.37. The van der Waals surface area contributed by atoms with Crippen molar-refractivity contribution >= 4 is 40.2 Å². The second kappa shape index (κ2) is 6.58. The lowest BCUT2D eigenvalue weighted by Gasteiger charge is -2.08. The lowest BCUT2D eigenvalue weighted by Crippen LogP contribution is -2.14. The molecule has 4 nitrogen and oxygen atoms in total. The smallest absolute Gasteiger partial charge is 0.337 e. The van der Waals surface area contributed by atoms with Crippen molar-refractivity contribution in [2.75, 3.05) is 5.32 Å². The molecule has 5 heteroatoms. The molecule has 0 heterocycles. The number of amides is 1. The Hall–Kier alpha value is -1.11. The minimum Gasteiger partial charge on any atom is -0.478 e. The van der Waals surface area contributed by atoms with Crippen LogP contribution in [0.2, 0.25) is 0 Å². The van der Waals surface area contributed by atoms with Gasteiger partial charge >= 0.3 is 5.97 Å². The van der Waals surface area contributed by atoms with Crippen LogP contribution in [0.1, 0.15) is 36.5 Å². The van der Waals surface area contributed by atoms with Gasteiger partial charge in [0.25, 0.3) is 0 Å². The molecule has 17 heavy (non-hydrogen) atoms. The highest BCUT2D eigenvalue weighted by Crippen LogP contribution is 2.19. The fraction of sp³-hybridized carbons (Fsp3) is 0.333. The molecule has 0 bridgehead atoms. The molecule has 0 aliphatic heterocycles. The van der Waals surface area contributed by atoms with Crippen LogP contribution in [0.4, 0.5) is 5.69 Å². The Balaban J connectivity index is 2.83. The number of carboxylic acid groups (broad SMARTS) is 1. The van der Waals surface area contributed by atoms with Gasteiger partial charge in [0.1, 0.15) is 0 Å². The van der Waals surface area contributed by atoms with Crippen LogP contribution in [0.15, 0.2) is 18.2 Å². The number of benzene rings is 1. The zero-order valence-corrected chi connectivity index (χ0v) is 11.7. The summed E-state index contributed by atoms with van der Waals surface area (Å²) in [5.74, 6) is -1.18. The van der Waals surface area contributed by atoms with Crippen LogP contribution >= 0.6 is 22.6 Å². The maximum Gasteiger partial charge on any atom is 0.337 e. The molecular formula is C12H14INO3. The third kappa shape index (κ3) is 4.33. The number of unbranched alkanes of at least 4 members (excludes halogenated alkanes) is 1. The van der Waals surface area contributed by atoms with Crippen molar-refractivity contribution in [2.24, 2.45) is 0 Å². The maximum absolute atomic E-state index is 11.5. The fourth-order valence-electron chi connectivity index (χ4n) is 1.35. The van der Waals surface area contributed by atoms with Gasteiger partial charge in [-0.05, 0) is 47.2 Å². The van der Waals surface area contributed by atoms with Gasteiger partial charge in [0, 0.05) is 9.99 Å². The van der Waals surface area contributed by atoms with E-state index in [1.165, 1.54) is 0 Å². The Bertz CT molecular complexity index is 432. The molecule has 0 aromatic heterocycles. The Morgan fingerprint density at radius 2 is 2.12 bits per heavy atom. The quantitative estimate of drug-likeness (QED) is 0.805. The summed E-state index contributed by atoms with van der Waals surface area (Å²) in [6, 6.07) is 4.93. The van der Waals surface area contributed by atoms with Crippen molar-refractivity contribution in [1.82, 2.24) is 0 Å². The number of carbonyl (C=O) groups is 2. The summed E-state index contributed by atoms with van der Waals surface area (Å²) in [4.78, 5) is 22.5. The van der Waals surface area contributed by atoms with E-state index in [9.17, 15) is 9.59 Å². The van der Waals surface area contributed by atoms with Crippen LogP contribution in [0.25, 0.3) is 0 Å². The first-order valence-corrected chi connectivity index (χ1v) is 6.45. The minimum atomic E-state index is -1.03. The van der Waals surface area contributed by atoms with Gasteiger partial charge in [-0.1, -0.05) is 13.3 Å². The Labute approximate surface area is 114 Å². The predicted molar refractivity (Wildman–Crippen MR) is 74.3 cm³/mol. The average molecular weight is 347 g/mol. The van der Waals surface area contributed by atoms with E-state index in [-0.39, 0.29) is 11.5 Å². The largest absolute Gasteiger partial charge is 0.478 e. The third-order valence-corrected chi connectivity index (χ3v) is 2.91. The summed E-state index contributed by atoms with van der Waals surface area (Å²) in [5, 5.41) is 11.7. The molecule has 0 saturated carbocycles. The highest BCUT2D eigenvalue weighted by molar-refractivity contribution is 14.1. The average Bonchev–Trinajstić information content (AvgIpc) is 2.28. The van der Waals surface area contributed by atoms with E-state index in [0.717, 1.165) is 16.4 Å². The molecule has 0 saturated heterocycles. The molecule has 0 aliphatic carbocycles. The normalized spacial score (nSPS) is 10.0. The molecule has 1 aromatic rings. The highest BCUT2D eigenvalue weighted by atomic mass is 127. The number of nitrogens with one attached hydrogen (secondary N) is 1. The van der Waals surface area contributed by atoms with Crippen molar-refractivity contribution in [3.63, 3.8) is 0 Å². The van der Waals surface area contributed by atoms with Crippen LogP contribution in [0, 0.1) is 3.57 Å². The van der Waals surface area contributed by atoms with Crippen molar-refractivity contribution in [3.8, 4) is 0 Å². The number of hydrogen-bond acceptors (Lipinski definition) is 2. The van der Waals surface area contributed by atoms with Gasteiger partial charge in [0.15, 0.2) is 0 Å². The van der Waals surface area contributed by atoms with Crippen LogP contribution in [0.5, 0.6) is 0 Å². The summed E-state index contributed by atoms with van der Waals surface area (Å²) >= 11 is 2.04. The predicted octanol–water partition coefficient (Wildman–Crippen LogP) is 3.12. The molecule has 1 amide bonds. The zero-order chi connectivity index (χ0) is 12.8. The molecule has 1 rings (SSSR count). The van der Waals surface area contributed by atoms with E-state index in [4.69, 9.17) is 5.11 Å². The van der Waals surface area contributed by atoms with Crippen LogP contribution in [0.3, 0.4) is 0 Å². The van der Waals surface area contributed by atoms with Crippen LogP contribution in [-0.2, 0) is 4.79 Å². The minimum absolute atomic E-state index is 0.127. The van der Waals surface area contributed by atoms with Gasteiger partial charge in [-0.15, -0.1) is 0 Å². The summed E-state index contributed by atoms with van der Waals surface area (Å²) in [6.07, 6.45) is 2.16. The van der Waals surface area contributed by atoms with Gasteiger partial charge in [-0.3, -0.25) is 4.79 Å². The van der Waals surface area contributed by atoms with Gasteiger partial charge in [-0.2, -0.15) is 0 Å². The standard InChI is InChI=1S/C12H14INO3/c1-2-3-4-11(15)14-10-6-5-8(13)7-9(10)12(16)17/h5-7H,2-4H2,1H3,(H,14,15)(H,16,17). The van der Waals surface area contributed by atoms with Gasteiger partial charge in [0.2, 0.25) is 5.91 Å². The summed E-state index contributed by atoms with van der Waals surface area (Å²) in [6.45, 7) is 2.00. The molecule has 2 N–H and O–H groups in total. The molecule has 0 atom stereocenters. The lowest BCUT2D eigenvalue weighted by atomic mass is 10.1. The van der Waals surface area contributed by atoms with E-state index >= 15 is 0 Å². The van der Waals surface area contributed by atoms with E-state index < -0.39 is 5.97 Å². The molecule has 0 radical (unpaired) electrons. The first-order chi connectivity index (χ1) is 8.04. The summed E-state index contributed by atoms with van der Waals surface area (Å²) in [5.41, 5.74) is 0.487. The molecular weight excluding hydrogens is 333 g/mol. The van der Waals surface area contributed by atoms with Crippen molar-refractivity contribution in [2.45, 2.75) is 26.2 Å². The van der Waals surface area contributed by atoms with E-state index in [1.807, 2.05) is 29.5 Å². The number of aromatic carboxylic acids is 1. The molecule has 1 aromatic carbocycles. The molecule has 0 unspecified atom stereocenters. The lowest BCUT2D eigenvalue weighted by molar-refractivity contribution is -0.116. The Morgan fingerprint density at radius 1 is 1.41 bits per heavy atom. The number of hydrogen-bond donors (Lipinski definition) is 2. The number of carboxylic acids is 1.